The van der Waals surface area contributed by atoms with E-state index >= 15 is 0 Å². The molecule has 0 spiro atoms. The molecular weight excluding hydrogens is 320 g/mol. The second-order valence-corrected chi connectivity index (χ2v) is 5.88. The molecule has 124 valence electrons. The third kappa shape index (κ3) is 5.61. The van der Waals surface area contributed by atoms with Crippen molar-refractivity contribution in [3.8, 4) is 0 Å². The second kappa shape index (κ2) is 8.59. The molecule has 1 aromatic carbocycles. The summed E-state index contributed by atoms with van der Waals surface area (Å²) >= 11 is 5.94. The van der Waals surface area contributed by atoms with Gasteiger partial charge in [-0.05, 0) is 18.9 Å². The maximum absolute atomic E-state index is 11.7. The minimum atomic E-state index is -0.514. The first kappa shape index (κ1) is 17.4. The number of hydrogen-bond donors (Lipinski definition) is 2. The molecule has 0 atom stereocenters. The van der Waals surface area contributed by atoms with E-state index in [0.717, 1.165) is 12.8 Å². The van der Waals surface area contributed by atoms with Gasteiger partial charge in [0.15, 0.2) is 0 Å². The summed E-state index contributed by atoms with van der Waals surface area (Å²) in [5, 5.41) is 18.0. The van der Waals surface area contributed by atoms with Crippen LogP contribution in [0.3, 0.4) is 0 Å². The predicted octanol–water partition coefficient (Wildman–Crippen LogP) is 2.62. The number of halogens is 1. The fraction of sp³-hybridized carbons (Fsp3) is 0.467. The zero-order chi connectivity index (χ0) is 16.7. The number of amides is 1. The van der Waals surface area contributed by atoms with E-state index in [1.54, 1.807) is 0 Å². The molecule has 0 aromatic heterocycles. The highest BCUT2D eigenvalue weighted by Crippen LogP contribution is 2.20. The van der Waals surface area contributed by atoms with Gasteiger partial charge in [0.1, 0.15) is 0 Å². The maximum atomic E-state index is 11.7. The number of hydrazone groups is 1. The van der Waals surface area contributed by atoms with Gasteiger partial charge in [-0.15, -0.1) is 0 Å². The monoisotopic (exact) mass is 338 g/mol. The van der Waals surface area contributed by atoms with E-state index in [-0.39, 0.29) is 18.1 Å². The van der Waals surface area contributed by atoms with E-state index < -0.39 is 4.92 Å². The standard InChI is InChI=1S/C15H19ClN4O3/c16-14-7-6-13(20(22)23)8-11(14)9-18-19-15(21)10-17-12-4-2-1-3-5-12/h6-9,12,17H,1-5,10H2,(H,19,21)/b18-9+. The predicted molar refractivity (Wildman–Crippen MR) is 88.7 cm³/mol. The summed E-state index contributed by atoms with van der Waals surface area (Å²) in [7, 11) is 0. The summed E-state index contributed by atoms with van der Waals surface area (Å²) < 4.78 is 0. The highest BCUT2D eigenvalue weighted by atomic mass is 35.5. The van der Waals surface area contributed by atoms with Gasteiger partial charge in [0.25, 0.3) is 11.6 Å². The minimum Gasteiger partial charge on any atom is -0.306 e. The van der Waals surface area contributed by atoms with Crippen LogP contribution >= 0.6 is 11.6 Å². The number of non-ortho nitro benzene ring substituents is 1. The third-order valence-electron chi connectivity index (χ3n) is 3.74. The lowest BCUT2D eigenvalue weighted by molar-refractivity contribution is -0.384. The molecule has 2 rings (SSSR count). The lowest BCUT2D eigenvalue weighted by atomic mass is 9.95. The summed E-state index contributed by atoms with van der Waals surface area (Å²) in [4.78, 5) is 21.9. The second-order valence-electron chi connectivity index (χ2n) is 5.47. The smallest absolute Gasteiger partial charge is 0.270 e. The number of nitro benzene ring substituents is 1. The molecule has 2 N–H and O–H groups in total. The molecule has 8 heteroatoms. The molecule has 1 saturated carbocycles. The molecule has 1 aliphatic rings. The highest BCUT2D eigenvalue weighted by Gasteiger charge is 2.13. The van der Waals surface area contributed by atoms with Gasteiger partial charge in [-0.1, -0.05) is 30.9 Å². The molecule has 1 aliphatic carbocycles. The number of carbonyl (C=O) groups is 1. The molecule has 0 saturated heterocycles. The molecule has 1 fully saturated rings. The normalized spacial score (nSPS) is 15.7. The Kier molecular flexibility index (Phi) is 6.49. The van der Waals surface area contributed by atoms with Gasteiger partial charge in [-0.3, -0.25) is 14.9 Å². The summed E-state index contributed by atoms with van der Waals surface area (Å²) in [5.41, 5.74) is 2.68. The molecule has 1 amide bonds. The Morgan fingerprint density at radius 1 is 1.39 bits per heavy atom. The number of benzene rings is 1. The molecule has 0 heterocycles. The van der Waals surface area contributed by atoms with Crippen LogP contribution in [0.1, 0.15) is 37.7 Å². The lowest BCUT2D eigenvalue weighted by Crippen LogP contribution is -2.38. The first-order valence-corrected chi connectivity index (χ1v) is 7.93. The van der Waals surface area contributed by atoms with Crippen LogP contribution in [0.25, 0.3) is 0 Å². The number of nitrogens with zero attached hydrogens (tertiary/aromatic N) is 2. The maximum Gasteiger partial charge on any atom is 0.270 e. The van der Waals surface area contributed by atoms with E-state index in [4.69, 9.17) is 11.6 Å². The van der Waals surface area contributed by atoms with Crippen molar-refractivity contribution in [1.29, 1.82) is 0 Å². The lowest BCUT2D eigenvalue weighted by Gasteiger charge is -2.22. The Morgan fingerprint density at radius 3 is 2.83 bits per heavy atom. The Bertz CT molecular complexity index is 600. The third-order valence-corrected chi connectivity index (χ3v) is 4.08. The van der Waals surface area contributed by atoms with E-state index in [2.05, 4.69) is 15.8 Å². The van der Waals surface area contributed by atoms with E-state index in [0.29, 0.717) is 16.6 Å². The summed E-state index contributed by atoms with van der Waals surface area (Å²) in [6, 6.07) is 4.43. The van der Waals surface area contributed by atoms with Crippen LogP contribution in [0, 0.1) is 10.1 Å². The summed E-state index contributed by atoms with van der Waals surface area (Å²) in [6.45, 7) is 0.199. The van der Waals surface area contributed by atoms with Crippen LogP contribution in [0.15, 0.2) is 23.3 Å². The Hall–Kier alpha value is -1.99. The van der Waals surface area contributed by atoms with Crippen molar-refractivity contribution in [2.24, 2.45) is 5.10 Å². The molecule has 0 unspecified atom stereocenters. The number of rotatable bonds is 6. The zero-order valence-corrected chi connectivity index (χ0v) is 13.4. The number of nitro groups is 1. The molecule has 0 radical (unpaired) electrons. The van der Waals surface area contributed by atoms with Gasteiger partial charge in [-0.2, -0.15) is 5.10 Å². The van der Waals surface area contributed by atoms with Gasteiger partial charge in [0.05, 0.1) is 17.7 Å². The fourth-order valence-corrected chi connectivity index (χ4v) is 2.67. The topological polar surface area (TPSA) is 96.6 Å². The number of nitrogens with one attached hydrogen (secondary N) is 2. The molecule has 7 nitrogen and oxygen atoms in total. The first-order chi connectivity index (χ1) is 11.1. The van der Waals surface area contributed by atoms with Gasteiger partial charge < -0.3 is 5.32 Å². The van der Waals surface area contributed by atoms with Gasteiger partial charge in [-0.25, -0.2) is 5.43 Å². The molecule has 23 heavy (non-hydrogen) atoms. The van der Waals surface area contributed by atoms with Gasteiger partial charge in [0.2, 0.25) is 0 Å². The summed E-state index contributed by atoms with van der Waals surface area (Å²) in [6.07, 6.45) is 7.15. The van der Waals surface area contributed by atoms with Crippen LogP contribution in [-0.2, 0) is 4.79 Å². The van der Waals surface area contributed by atoms with Crippen molar-refractivity contribution in [3.05, 3.63) is 38.9 Å². The van der Waals surface area contributed by atoms with Crippen molar-refractivity contribution in [2.75, 3.05) is 6.54 Å². The fourth-order valence-electron chi connectivity index (χ4n) is 2.50. The minimum absolute atomic E-state index is 0.0823. The van der Waals surface area contributed by atoms with Crippen molar-refractivity contribution in [3.63, 3.8) is 0 Å². The number of carbonyl (C=O) groups excluding carboxylic acids is 1. The van der Waals surface area contributed by atoms with E-state index in [1.165, 1.54) is 43.7 Å². The van der Waals surface area contributed by atoms with Gasteiger partial charge >= 0.3 is 0 Å². The van der Waals surface area contributed by atoms with Crippen LogP contribution in [0.2, 0.25) is 5.02 Å². The van der Waals surface area contributed by atoms with Crippen LogP contribution in [0.5, 0.6) is 0 Å². The van der Waals surface area contributed by atoms with Gasteiger partial charge in [0, 0.05) is 28.8 Å². The molecular formula is C15H19ClN4O3. The highest BCUT2D eigenvalue weighted by molar-refractivity contribution is 6.33. The van der Waals surface area contributed by atoms with Crippen molar-refractivity contribution in [2.45, 2.75) is 38.1 Å². The largest absolute Gasteiger partial charge is 0.306 e. The van der Waals surface area contributed by atoms with Crippen LogP contribution in [-0.4, -0.2) is 29.6 Å². The molecule has 0 aliphatic heterocycles. The van der Waals surface area contributed by atoms with E-state index in [1.807, 2.05) is 0 Å². The zero-order valence-electron chi connectivity index (χ0n) is 12.6. The van der Waals surface area contributed by atoms with E-state index in [9.17, 15) is 14.9 Å². The quantitative estimate of drug-likeness (QED) is 0.473. The Morgan fingerprint density at radius 2 is 2.13 bits per heavy atom. The van der Waals surface area contributed by atoms with Crippen molar-refractivity contribution in [1.82, 2.24) is 10.7 Å². The number of hydrogen-bond acceptors (Lipinski definition) is 5. The van der Waals surface area contributed by atoms with Crippen LogP contribution in [0.4, 0.5) is 5.69 Å². The van der Waals surface area contributed by atoms with Crippen molar-refractivity contribution >= 4 is 29.4 Å². The summed E-state index contributed by atoms with van der Waals surface area (Å²) in [5.74, 6) is -0.256. The average molecular weight is 339 g/mol. The first-order valence-electron chi connectivity index (χ1n) is 7.55. The van der Waals surface area contributed by atoms with Crippen LogP contribution < -0.4 is 10.7 Å². The average Bonchev–Trinajstić information content (AvgIpc) is 2.55. The Labute approximate surface area is 139 Å². The molecule has 0 bridgehead atoms. The SMILES string of the molecule is O=C(CNC1CCCCC1)N/N=C/c1cc([N+](=O)[O-])ccc1Cl. The Balaban J connectivity index is 1.82. The van der Waals surface area contributed by atoms with Crippen molar-refractivity contribution < 1.29 is 9.72 Å². The molecule has 1 aromatic rings.